The van der Waals surface area contributed by atoms with Gasteiger partial charge in [-0.3, -0.25) is 9.52 Å². The molecule has 0 unspecified atom stereocenters. The third kappa shape index (κ3) is 4.23. The molecule has 1 aromatic rings. The highest BCUT2D eigenvalue weighted by Crippen LogP contribution is 2.23. The summed E-state index contributed by atoms with van der Waals surface area (Å²) in [5, 5.41) is 0. The molecule has 0 aromatic heterocycles. The molecule has 0 bridgehead atoms. The summed E-state index contributed by atoms with van der Waals surface area (Å²) in [5.74, 6) is -1.56. The van der Waals surface area contributed by atoms with E-state index in [1.54, 1.807) is 6.07 Å². The molecular weight excluding hydrogens is 312 g/mol. The van der Waals surface area contributed by atoms with Crippen LogP contribution in [0.5, 0.6) is 0 Å². The van der Waals surface area contributed by atoms with Crippen molar-refractivity contribution in [2.45, 2.75) is 0 Å². The maximum absolute atomic E-state index is 11.5. The molecule has 94 valence electrons. The second kappa shape index (κ2) is 5.37. The van der Waals surface area contributed by atoms with E-state index in [4.69, 9.17) is 5.73 Å². The second-order valence-corrected chi connectivity index (χ2v) is 5.75. The maximum atomic E-state index is 11.5. The Morgan fingerprint density at radius 3 is 2.71 bits per heavy atom. The van der Waals surface area contributed by atoms with Crippen LogP contribution in [0.3, 0.4) is 0 Å². The molecule has 1 aromatic carbocycles. The van der Waals surface area contributed by atoms with Gasteiger partial charge in [-0.2, -0.15) is 0 Å². The van der Waals surface area contributed by atoms with Gasteiger partial charge in [0.1, 0.15) is 0 Å². The Labute approximate surface area is 107 Å². The molecular formula is C9H11BrN2O4S. The molecule has 8 heteroatoms. The largest absolute Gasteiger partial charge is 0.468 e. The summed E-state index contributed by atoms with van der Waals surface area (Å²) in [6.07, 6.45) is 0. The number of nitrogens with one attached hydrogen (secondary N) is 1. The van der Waals surface area contributed by atoms with Gasteiger partial charge in [0, 0.05) is 15.8 Å². The number of ether oxygens (including phenoxy) is 1. The number of sulfonamides is 1. The number of carbonyl (C=O) groups excluding carboxylic acids is 1. The topological polar surface area (TPSA) is 98.5 Å². The van der Waals surface area contributed by atoms with Crippen molar-refractivity contribution >= 4 is 43.3 Å². The molecule has 3 N–H and O–H groups in total. The number of carbonyl (C=O) groups is 1. The van der Waals surface area contributed by atoms with E-state index < -0.39 is 21.7 Å². The van der Waals surface area contributed by atoms with Crippen molar-refractivity contribution in [3.63, 3.8) is 0 Å². The van der Waals surface area contributed by atoms with E-state index in [2.05, 4.69) is 25.4 Å². The molecule has 0 fully saturated rings. The van der Waals surface area contributed by atoms with Crippen LogP contribution in [-0.2, 0) is 19.6 Å². The predicted octanol–water partition coefficient (Wildman–Crippen LogP) is 0.946. The van der Waals surface area contributed by atoms with Gasteiger partial charge in [-0.15, -0.1) is 0 Å². The predicted molar refractivity (Wildman–Crippen MR) is 68.0 cm³/mol. The van der Waals surface area contributed by atoms with Crippen LogP contribution in [0.25, 0.3) is 0 Å². The number of methoxy groups -OCH3 is 1. The molecule has 0 heterocycles. The molecule has 0 spiro atoms. The van der Waals surface area contributed by atoms with Crippen LogP contribution in [0, 0.1) is 0 Å². The number of hydrogen-bond donors (Lipinski definition) is 2. The number of rotatable bonds is 4. The zero-order valence-corrected chi connectivity index (χ0v) is 11.3. The van der Waals surface area contributed by atoms with Gasteiger partial charge in [-0.05, 0) is 34.1 Å². The van der Waals surface area contributed by atoms with Gasteiger partial charge in [0.2, 0.25) is 10.0 Å². The minimum absolute atomic E-state index is 0.315. The van der Waals surface area contributed by atoms with E-state index in [-0.39, 0.29) is 0 Å². The Balaban J connectivity index is 2.83. The number of esters is 1. The summed E-state index contributed by atoms with van der Waals surface area (Å²) >= 11 is 3.17. The minimum Gasteiger partial charge on any atom is -0.468 e. The van der Waals surface area contributed by atoms with Crippen molar-refractivity contribution in [1.82, 2.24) is 0 Å². The van der Waals surface area contributed by atoms with E-state index in [1.165, 1.54) is 12.1 Å². The van der Waals surface area contributed by atoms with Crippen molar-refractivity contribution in [2.24, 2.45) is 0 Å². The number of hydrogen-bond acceptors (Lipinski definition) is 5. The molecule has 0 aliphatic carbocycles. The van der Waals surface area contributed by atoms with Crippen LogP contribution >= 0.6 is 15.9 Å². The Morgan fingerprint density at radius 1 is 1.53 bits per heavy atom. The number of benzene rings is 1. The molecule has 6 nitrogen and oxygen atoms in total. The summed E-state index contributed by atoms with van der Waals surface area (Å²) in [4.78, 5) is 10.9. The van der Waals surface area contributed by atoms with Crippen molar-refractivity contribution in [1.29, 1.82) is 0 Å². The summed E-state index contributed by atoms with van der Waals surface area (Å²) in [6, 6.07) is 4.54. The highest BCUT2D eigenvalue weighted by atomic mass is 79.9. The Kier molecular flexibility index (Phi) is 4.35. The van der Waals surface area contributed by atoms with E-state index in [9.17, 15) is 13.2 Å². The van der Waals surface area contributed by atoms with E-state index >= 15 is 0 Å². The van der Waals surface area contributed by atoms with Crippen molar-refractivity contribution in [3.05, 3.63) is 22.7 Å². The first kappa shape index (κ1) is 13.8. The van der Waals surface area contributed by atoms with Gasteiger partial charge in [-0.25, -0.2) is 8.42 Å². The first-order chi connectivity index (χ1) is 7.84. The molecule has 0 aliphatic rings. The summed E-state index contributed by atoms with van der Waals surface area (Å²) in [7, 11) is -2.64. The normalized spacial score (nSPS) is 10.9. The molecule has 0 atom stereocenters. The van der Waals surface area contributed by atoms with Gasteiger partial charge in [0.25, 0.3) is 0 Å². The Bertz CT molecular complexity index is 530. The monoisotopic (exact) mass is 322 g/mol. The third-order valence-corrected chi connectivity index (χ3v) is 3.66. The van der Waals surface area contributed by atoms with E-state index in [0.717, 1.165) is 7.11 Å². The number of nitrogen functional groups attached to an aromatic ring is 1. The van der Waals surface area contributed by atoms with Gasteiger partial charge in [0.05, 0.1) is 7.11 Å². The van der Waals surface area contributed by atoms with Crippen LogP contribution in [0.15, 0.2) is 22.7 Å². The first-order valence-corrected chi connectivity index (χ1v) is 6.91. The van der Waals surface area contributed by atoms with E-state index in [1.807, 2.05) is 0 Å². The SMILES string of the molecule is COC(=O)CS(=O)(=O)Nc1ccc(N)c(Br)c1. The Morgan fingerprint density at radius 2 is 2.18 bits per heavy atom. The lowest BCUT2D eigenvalue weighted by Gasteiger charge is -2.08. The zero-order valence-electron chi connectivity index (χ0n) is 8.94. The molecule has 17 heavy (non-hydrogen) atoms. The summed E-state index contributed by atoms with van der Waals surface area (Å²) in [6.45, 7) is 0. The summed E-state index contributed by atoms with van der Waals surface area (Å²) in [5.41, 5.74) is 6.36. The maximum Gasteiger partial charge on any atom is 0.322 e. The van der Waals surface area contributed by atoms with Gasteiger partial charge in [0.15, 0.2) is 5.75 Å². The summed E-state index contributed by atoms with van der Waals surface area (Å²) < 4.78 is 30.1. The average Bonchev–Trinajstić information content (AvgIpc) is 2.22. The fraction of sp³-hybridized carbons (Fsp3) is 0.222. The highest BCUT2D eigenvalue weighted by Gasteiger charge is 2.17. The van der Waals surface area contributed by atoms with Gasteiger partial charge >= 0.3 is 5.97 Å². The molecule has 0 amide bonds. The zero-order chi connectivity index (χ0) is 13.1. The standard InChI is InChI=1S/C9H11BrN2O4S/c1-16-9(13)5-17(14,15)12-6-2-3-8(11)7(10)4-6/h2-4,12H,5,11H2,1H3. The lowest BCUT2D eigenvalue weighted by atomic mass is 10.3. The molecule has 0 radical (unpaired) electrons. The molecule has 0 aliphatic heterocycles. The number of anilines is 2. The quantitative estimate of drug-likeness (QED) is 0.635. The van der Waals surface area contributed by atoms with Crippen LogP contribution < -0.4 is 10.5 Å². The van der Waals surface area contributed by atoms with Crippen molar-refractivity contribution in [3.8, 4) is 0 Å². The third-order valence-electron chi connectivity index (χ3n) is 1.81. The highest BCUT2D eigenvalue weighted by molar-refractivity contribution is 9.10. The van der Waals surface area contributed by atoms with Crippen LogP contribution in [0.1, 0.15) is 0 Å². The lowest BCUT2D eigenvalue weighted by Crippen LogP contribution is -2.23. The lowest BCUT2D eigenvalue weighted by molar-refractivity contribution is -0.137. The average molecular weight is 323 g/mol. The minimum atomic E-state index is -3.76. The van der Waals surface area contributed by atoms with Crippen LogP contribution in [0.4, 0.5) is 11.4 Å². The fourth-order valence-electron chi connectivity index (χ4n) is 1.02. The second-order valence-electron chi connectivity index (χ2n) is 3.17. The first-order valence-electron chi connectivity index (χ1n) is 4.46. The molecule has 0 saturated carbocycles. The van der Waals surface area contributed by atoms with E-state index in [0.29, 0.717) is 15.8 Å². The van der Waals surface area contributed by atoms with Crippen molar-refractivity contribution in [2.75, 3.05) is 23.3 Å². The Hall–Kier alpha value is -1.28. The molecule has 0 saturated heterocycles. The van der Waals surface area contributed by atoms with Crippen LogP contribution in [-0.4, -0.2) is 27.2 Å². The van der Waals surface area contributed by atoms with Crippen LogP contribution in [0.2, 0.25) is 0 Å². The smallest absolute Gasteiger partial charge is 0.322 e. The molecule has 1 rings (SSSR count). The fourth-order valence-corrected chi connectivity index (χ4v) is 2.39. The number of nitrogens with two attached hydrogens (primary N) is 1. The van der Waals surface area contributed by atoms with Gasteiger partial charge < -0.3 is 10.5 Å². The van der Waals surface area contributed by atoms with Gasteiger partial charge in [-0.1, -0.05) is 0 Å². The number of halogens is 1. The van der Waals surface area contributed by atoms with Crippen molar-refractivity contribution < 1.29 is 17.9 Å².